The van der Waals surface area contributed by atoms with E-state index in [9.17, 15) is 0 Å². The number of nitrogens with one attached hydrogen (secondary N) is 1. The van der Waals surface area contributed by atoms with Crippen LogP contribution in [0.1, 0.15) is 32.1 Å². The number of rotatable bonds is 5. The highest BCUT2D eigenvalue weighted by molar-refractivity contribution is 5.18. The summed E-state index contributed by atoms with van der Waals surface area (Å²) < 4.78 is 10.7. The van der Waals surface area contributed by atoms with Gasteiger partial charge in [-0.1, -0.05) is 6.07 Å². The second kappa shape index (κ2) is 5.89. The first-order valence-electron chi connectivity index (χ1n) is 6.38. The average molecular weight is 260 g/mol. The Morgan fingerprint density at radius 3 is 2.68 bits per heavy atom. The Bertz CT molecular complexity index is 484. The van der Waals surface area contributed by atoms with Crippen molar-refractivity contribution in [2.45, 2.75) is 39.5 Å². The van der Waals surface area contributed by atoms with Crippen LogP contribution in [0.25, 0.3) is 0 Å². The Balaban J connectivity index is 1.84. The number of furan rings is 1. The van der Waals surface area contributed by atoms with Gasteiger partial charge in [0.2, 0.25) is 5.88 Å². The van der Waals surface area contributed by atoms with E-state index < -0.39 is 0 Å². The molecule has 0 atom stereocenters. The first kappa shape index (κ1) is 13.6. The first-order chi connectivity index (χ1) is 9.03. The molecular formula is C15H20N2O2. The van der Waals surface area contributed by atoms with Crippen LogP contribution in [0.5, 0.6) is 5.88 Å². The molecule has 4 heteroatoms. The van der Waals surface area contributed by atoms with Crippen molar-refractivity contribution >= 4 is 0 Å². The van der Waals surface area contributed by atoms with Crippen molar-refractivity contribution in [1.29, 1.82) is 0 Å². The molecule has 102 valence electrons. The maximum absolute atomic E-state index is 5.53. The minimum atomic E-state index is 0.106. The topological polar surface area (TPSA) is 47.3 Å². The van der Waals surface area contributed by atoms with E-state index >= 15 is 0 Å². The molecule has 2 aromatic rings. The molecule has 0 saturated heterocycles. The van der Waals surface area contributed by atoms with Gasteiger partial charge in [0.25, 0.3) is 0 Å². The average Bonchev–Trinajstić information content (AvgIpc) is 2.87. The standard InChI is InChI=1S/C15H20N2O2/c1-15(2,3)17-10-12-6-7-14(16-9-12)19-11-13-5-4-8-18-13/h4-9,17H,10-11H2,1-3H3. The van der Waals surface area contributed by atoms with Gasteiger partial charge in [0.1, 0.15) is 12.4 Å². The van der Waals surface area contributed by atoms with Crippen molar-refractivity contribution < 1.29 is 9.15 Å². The lowest BCUT2D eigenvalue weighted by atomic mass is 10.1. The van der Waals surface area contributed by atoms with E-state index in [4.69, 9.17) is 9.15 Å². The molecule has 0 aromatic carbocycles. The molecule has 1 N–H and O–H groups in total. The zero-order chi connectivity index (χ0) is 13.7. The molecule has 0 unspecified atom stereocenters. The lowest BCUT2D eigenvalue weighted by Gasteiger charge is -2.20. The Morgan fingerprint density at radius 2 is 2.11 bits per heavy atom. The third-order valence-electron chi connectivity index (χ3n) is 2.56. The fourth-order valence-electron chi connectivity index (χ4n) is 1.51. The zero-order valence-corrected chi connectivity index (χ0v) is 11.6. The van der Waals surface area contributed by atoms with E-state index in [1.165, 1.54) is 0 Å². The Morgan fingerprint density at radius 1 is 1.26 bits per heavy atom. The zero-order valence-electron chi connectivity index (χ0n) is 11.6. The van der Waals surface area contributed by atoms with Crippen LogP contribution in [0, 0.1) is 0 Å². The molecule has 0 amide bonds. The molecule has 0 aliphatic carbocycles. The predicted molar refractivity (Wildman–Crippen MR) is 73.9 cm³/mol. The van der Waals surface area contributed by atoms with E-state index in [0.717, 1.165) is 17.9 Å². The largest absolute Gasteiger partial charge is 0.469 e. The fourth-order valence-corrected chi connectivity index (χ4v) is 1.51. The molecule has 0 radical (unpaired) electrons. The number of aromatic nitrogens is 1. The van der Waals surface area contributed by atoms with Crippen LogP contribution in [0.15, 0.2) is 41.1 Å². The summed E-state index contributed by atoms with van der Waals surface area (Å²) in [6, 6.07) is 7.61. The van der Waals surface area contributed by atoms with Crippen LogP contribution in [-0.2, 0) is 13.2 Å². The Labute approximate surface area is 113 Å². The summed E-state index contributed by atoms with van der Waals surface area (Å²) in [4.78, 5) is 4.27. The highest BCUT2D eigenvalue weighted by atomic mass is 16.5. The number of hydrogen-bond donors (Lipinski definition) is 1. The Hall–Kier alpha value is -1.81. The number of hydrogen-bond acceptors (Lipinski definition) is 4. The van der Waals surface area contributed by atoms with Gasteiger partial charge in [-0.2, -0.15) is 0 Å². The molecule has 0 saturated carbocycles. The van der Waals surface area contributed by atoms with Gasteiger partial charge in [0.15, 0.2) is 0 Å². The summed E-state index contributed by atoms with van der Waals surface area (Å²) in [5, 5.41) is 3.42. The van der Waals surface area contributed by atoms with E-state index in [1.54, 1.807) is 6.26 Å². The molecule has 0 fully saturated rings. The van der Waals surface area contributed by atoms with Crippen LogP contribution >= 0.6 is 0 Å². The SMILES string of the molecule is CC(C)(C)NCc1ccc(OCc2ccco2)nc1. The summed E-state index contributed by atoms with van der Waals surface area (Å²) in [6.45, 7) is 7.62. The molecule has 0 aliphatic heterocycles. The summed E-state index contributed by atoms with van der Waals surface area (Å²) in [7, 11) is 0. The molecule has 19 heavy (non-hydrogen) atoms. The van der Waals surface area contributed by atoms with Crippen LogP contribution in [0.2, 0.25) is 0 Å². The van der Waals surface area contributed by atoms with Crippen molar-refractivity contribution in [3.63, 3.8) is 0 Å². The summed E-state index contributed by atoms with van der Waals surface area (Å²) in [5.41, 5.74) is 1.24. The predicted octanol–water partition coefficient (Wildman–Crippen LogP) is 3.14. The lowest BCUT2D eigenvalue weighted by molar-refractivity contribution is 0.260. The van der Waals surface area contributed by atoms with Crippen molar-refractivity contribution in [3.05, 3.63) is 48.0 Å². The van der Waals surface area contributed by atoms with Crippen molar-refractivity contribution in [2.75, 3.05) is 0 Å². The number of nitrogens with zero attached hydrogens (tertiary/aromatic N) is 1. The minimum absolute atomic E-state index is 0.106. The van der Waals surface area contributed by atoms with Crippen molar-refractivity contribution in [1.82, 2.24) is 10.3 Å². The number of ether oxygens (including phenoxy) is 1. The van der Waals surface area contributed by atoms with Gasteiger partial charge >= 0.3 is 0 Å². The normalized spacial score (nSPS) is 11.5. The van der Waals surface area contributed by atoms with Crippen LogP contribution < -0.4 is 10.1 Å². The smallest absolute Gasteiger partial charge is 0.213 e. The molecule has 4 nitrogen and oxygen atoms in total. The molecule has 0 spiro atoms. The highest BCUT2D eigenvalue weighted by Gasteiger charge is 2.08. The summed E-state index contributed by atoms with van der Waals surface area (Å²) in [6.07, 6.45) is 3.46. The molecule has 2 aromatic heterocycles. The van der Waals surface area contributed by atoms with Gasteiger partial charge in [-0.05, 0) is 38.5 Å². The Kier molecular flexibility index (Phi) is 4.22. The second-order valence-corrected chi connectivity index (χ2v) is 5.48. The third kappa shape index (κ3) is 4.75. The first-order valence-corrected chi connectivity index (χ1v) is 6.38. The molecule has 0 bridgehead atoms. The van der Waals surface area contributed by atoms with Crippen LogP contribution in [0.4, 0.5) is 0 Å². The van der Waals surface area contributed by atoms with Gasteiger partial charge in [0.05, 0.1) is 6.26 Å². The van der Waals surface area contributed by atoms with Crippen molar-refractivity contribution in [2.24, 2.45) is 0 Å². The van der Waals surface area contributed by atoms with E-state index in [1.807, 2.05) is 30.5 Å². The van der Waals surface area contributed by atoms with E-state index in [-0.39, 0.29) is 5.54 Å². The summed E-state index contributed by atoms with van der Waals surface area (Å²) >= 11 is 0. The van der Waals surface area contributed by atoms with Gasteiger partial charge in [-0.15, -0.1) is 0 Å². The summed E-state index contributed by atoms with van der Waals surface area (Å²) in [5.74, 6) is 1.40. The second-order valence-electron chi connectivity index (χ2n) is 5.48. The monoisotopic (exact) mass is 260 g/mol. The van der Waals surface area contributed by atoms with Gasteiger partial charge in [-0.3, -0.25) is 0 Å². The van der Waals surface area contributed by atoms with Crippen molar-refractivity contribution in [3.8, 4) is 5.88 Å². The molecular weight excluding hydrogens is 240 g/mol. The molecule has 0 aliphatic rings. The van der Waals surface area contributed by atoms with Gasteiger partial charge in [-0.25, -0.2) is 4.98 Å². The van der Waals surface area contributed by atoms with E-state index in [0.29, 0.717) is 12.5 Å². The van der Waals surface area contributed by atoms with E-state index in [2.05, 4.69) is 31.1 Å². The number of pyridine rings is 1. The van der Waals surface area contributed by atoms with Crippen LogP contribution in [-0.4, -0.2) is 10.5 Å². The fraction of sp³-hybridized carbons (Fsp3) is 0.400. The highest BCUT2D eigenvalue weighted by Crippen LogP contribution is 2.11. The maximum atomic E-state index is 5.53. The minimum Gasteiger partial charge on any atom is -0.469 e. The lowest BCUT2D eigenvalue weighted by Crippen LogP contribution is -2.35. The molecule has 2 heterocycles. The van der Waals surface area contributed by atoms with Gasteiger partial charge < -0.3 is 14.5 Å². The maximum Gasteiger partial charge on any atom is 0.213 e. The third-order valence-corrected chi connectivity index (χ3v) is 2.56. The van der Waals surface area contributed by atoms with Gasteiger partial charge in [0, 0.05) is 24.3 Å². The van der Waals surface area contributed by atoms with Crippen LogP contribution in [0.3, 0.4) is 0 Å². The molecule has 2 rings (SSSR count). The quantitative estimate of drug-likeness (QED) is 0.897.